The molecule has 1 aromatic heterocycles. The van der Waals surface area contributed by atoms with E-state index in [1.54, 1.807) is 6.20 Å². The summed E-state index contributed by atoms with van der Waals surface area (Å²) in [5.74, 6) is 0. The Bertz CT molecular complexity index is 1740. The van der Waals surface area contributed by atoms with Gasteiger partial charge in [-0.15, -0.1) is 0 Å². The van der Waals surface area contributed by atoms with Gasteiger partial charge < -0.3 is 5.41 Å². The van der Waals surface area contributed by atoms with Gasteiger partial charge in [-0.2, -0.15) is 0 Å². The number of hydrogen-bond acceptors (Lipinski definition) is 2. The van der Waals surface area contributed by atoms with Crippen LogP contribution >= 0.6 is 0 Å². The van der Waals surface area contributed by atoms with E-state index in [1.165, 1.54) is 16.3 Å². The molecule has 0 aliphatic carbocycles. The van der Waals surface area contributed by atoms with E-state index < -0.39 is 0 Å². The summed E-state index contributed by atoms with van der Waals surface area (Å²) in [6.45, 7) is 0. The fraction of sp³-hybridized carbons (Fsp3) is 0. The number of aromatic nitrogens is 1. The molecule has 2 heteroatoms. The van der Waals surface area contributed by atoms with Crippen molar-refractivity contribution in [2.75, 3.05) is 0 Å². The molecular weight excluding hydrogens is 460 g/mol. The molecule has 0 bridgehead atoms. The van der Waals surface area contributed by atoms with Gasteiger partial charge in [-0.05, 0) is 67.9 Å². The first-order chi connectivity index (χ1) is 18.8. The molecule has 6 rings (SSSR count). The topological polar surface area (TPSA) is 36.7 Å². The molecule has 0 spiro atoms. The van der Waals surface area contributed by atoms with Crippen LogP contribution in [0.4, 0.5) is 0 Å². The highest BCUT2D eigenvalue weighted by atomic mass is 14.6. The van der Waals surface area contributed by atoms with Crippen LogP contribution in [0.5, 0.6) is 0 Å². The monoisotopic (exact) mass is 486 g/mol. The first-order valence-electron chi connectivity index (χ1n) is 12.7. The second-order valence-electron chi connectivity index (χ2n) is 9.26. The molecule has 0 atom stereocenters. The number of pyridine rings is 1. The summed E-state index contributed by atoms with van der Waals surface area (Å²) in [4.78, 5) is 4.30. The van der Waals surface area contributed by atoms with Crippen molar-refractivity contribution in [2.45, 2.75) is 0 Å². The van der Waals surface area contributed by atoms with Crippen LogP contribution in [0.3, 0.4) is 0 Å². The first-order valence-corrected chi connectivity index (χ1v) is 12.7. The van der Waals surface area contributed by atoms with E-state index in [-0.39, 0.29) is 0 Å². The standard InChI is InChI=1S/C36H26N2/c37-36(29-20-18-27(19-21-29)26-9-2-1-3-10-26)24-35(34-17-7-12-28-11-4-5-16-33(28)34)31-14-6-13-30(23-31)32-15-8-22-38-25-32/h1-25,37H/b35-24-,37-36?. The molecule has 0 fully saturated rings. The predicted octanol–water partition coefficient (Wildman–Crippen LogP) is 9.07. The van der Waals surface area contributed by atoms with E-state index >= 15 is 0 Å². The maximum Gasteiger partial charge on any atom is 0.0618 e. The van der Waals surface area contributed by atoms with Crippen LogP contribution in [0, 0.1) is 5.41 Å². The first kappa shape index (κ1) is 23.3. The minimum Gasteiger partial charge on any atom is -0.300 e. The number of benzene rings is 5. The van der Waals surface area contributed by atoms with Gasteiger partial charge in [0.15, 0.2) is 0 Å². The van der Waals surface area contributed by atoms with Crippen LogP contribution in [0.25, 0.3) is 38.6 Å². The van der Waals surface area contributed by atoms with Crippen molar-refractivity contribution >= 4 is 22.1 Å². The maximum absolute atomic E-state index is 9.07. The fourth-order valence-electron chi connectivity index (χ4n) is 4.88. The predicted molar refractivity (Wildman–Crippen MR) is 159 cm³/mol. The largest absolute Gasteiger partial charge is 0.300 e. The Hall–Kier alpha value is -5.08. The third-order valence-corrected chi connectivity index (χ3v) is 6.84. The van der Waals surface area contributed by atoms with Crippen LogP contribution in [0.1, 0.15) is 16.7 Å². The van der Waals surface area contributed by atoms with Crippen LogP contribution in [-0.4, -0.2) is 10.7 Å². The van der Waals surface area contributed by atoms with Gasteiger partial charge in [0.2, 0.25) is 0 Å². The highest BCUT2D eigenvalue weighted by Gasteiger charge is 2.12. The van der Waals surface area contributed by atoms with Gasteiger partial charge in [0.05, 0.1) is 5.71 Å². The Morgan fingerprint density at radius 1 is 0.553 bits per heavy atom. The molecule has 6 aromatic rings. The summed E-state index contributed by atoms with van der Waals surface area (Å²) in [7, 11) is 0. The van der Waals surface area contributed by atoms with E-state index in [2.05, 4.69) is 102 Å². The van der Waals surface area contributed by atoms with E-state index in [1.807, 2.05) is 48.7 Å². The molecule has 0 unspecified atom stereocenters. The maximum atomic E-state index is 9.07. The third-order valence-electron chi connectivity index (χ3n) is 6.84. The van der Waals surface area contributed by atoms with Crippen molar-refractivity contribution in [1.29, 1.82) is 5.41 Å². The summed E-state index contributed by atoms with van der Waals surface area (Å²) in [5, 5.41) is 11.4. The van der Waals surface area contributed by atoms with Crippen molar-refractivity contribution in [1.82, 2.24) is 4.98 Å². The second kappa shape index (κ2) is 10.5. The quantitative estimate of drug-likeness (QED) is 0.234. The number of hydrogen-bond donors (Lipinski definition) is 1. The zero-order valence-corrected chi connectivity index (χ0v) is 20.9. The molecule has 0 aliphatic rings. The van der Waals surface area contributed by atoms with E-state index in [9.17, 15) is 0 Å². The summed E-state index contributed by atoms with van der Waals surface area (Å²) < 4.78 is 0. The molecule has 0 radical (unpaired) electrons. The van der Waals surface area contributed by atoms with Gasteiger partial charge in [-0.3, -0.25) is 4.98 Å². The SMILES string of the molecule is N=C(/C=C(/c1cccc(-c2cccnc2)c1)c1cccc2ccccc12)c1ccc(-c2ccccc2)cc1. The number of nitrogens with zero attached hydrogens (tertiary/aromatic N) is 1. The second-order valence-corrected chi connectivity index (χ2v) is 9.26. The molecular formula is C36H26N2. The molecule has 2 nitrogen and oxygen atoms in total. The minimum absolute atomic E-state index is 0.472. The lowest BCUT2D eigenvalue weighted by atomic mass is 9.90. The highest BCUT2D eigenvalue weighted by Crippen LogP contribution is 2.33. The van der Waals surface area contributed by atoms with Crippen molar-refractivity contribution in [3.8, 4) is 22.3 Å². The normalized spacial score (nSPS) is 11.4. The molecule has 0 saturated carbocycles. The molecule has 5 aromatic carbocycles. The molecule has 0 saturated heterocycles. The number of rotatable bonds is 6. The fourth-order valence-corrected chi connectivity index (χ4v) is 4.88. The van der Waals surface area contributed by atoms with E-state index in [0.717, 1.165) is 39.0 Å². The van der Waals surface area contributed by atoms with Gasteiger partial charge in [-0.1, -0.05) is 121 Å². The Kier molecular flexibility index (Phi) is 6.44. The van der Waals surface area contributed by atoms with Crippen LogP contribution in [0.2, 0.25) is 0 Å². The van der Waals surface area contributed by atoms with Gasteiger partial charge in [0.25, 0.3) is 0 Å². The van der Waals surface area contributed by atoms with Crippen molar-refractivity contribution in [2.24, 2.45) is 0 Å². The molecule has 0 amide bonds. The molecule has 1 heterocycles. The summed E-state index contributed by atoms with van der Waals surface area (Å²) in [5.41, 5.74) is 9.02. The number of fused-ring (bicyclic) bond motifs is 1. The molecule has 0 aliphatic heterocycles. The Morgan fingerprint density at radius 3 is 2.05 bits per heavy atom. The zero-order chi connectivity index (χ0) is 25.7. The Labute approximate surface area is 223 Å². The zero-order valence-electron chi connectivity index (χ0n) is 20.9. The number of nitrogens with one attached hydrogen (secondary N) is 1. The van der Waals surface area contributed by atoms with Crippen LogP contribution in [-0.2, 0) is 0 Å². The van der Waals surface area contributed by atoms with Gasteiger partial charge in [-0.25, -0.2) is 0 Å². The Balaban J connectivity index is 1.46. The third kappa shape index (κ3) is 4.80. The average molecular weight is 487 g/mol. The van der Waals surface area contributed by atoms with Gasteiger partial charge in [0, 0.05) is 18.0 Å². The van der Waals surface area contributed by atoms with Gasteiger partial charge >= 0.3 is 0 Å². The van der Waals surface area contributed by atoms with Crippen molar-refractivity contribution in [3.05, 3.63) is 169 Å². The van der Waals surface area contributed by atoms with Crippen molar-refractivity contribution < 1.29 is 0 Å². The smallest absolute Gasteiger partial charge is 0.0618 e. The lowest BCUT2D eigenvalue weighted by Crippen LogP contribution is -1.99. The Morgan fingerprint density at radius 2 is 1.24 bits per heavy atom. The summed E-state index contributed by atoms with van der Waals surface area (Å²) >= 11 is 0. The lowest BCUT2D eigenvalue weighted by molar-refractivity contribution is 1.33. The minimum atomic E-state index is 0.472. The van der Waals surface area contributed by atoms with E-state index in [0.29, 0.717) is 5.71 Å². The molecule has 1 N–H and O–H groups in total. The highest BCUT2D eigenvalue weighted by molar-refractivity contribution is 6.14. The number of allylic oxidation sites excluding steroid dienone is 1. The lowest BCUT2D eigenvalue weighted by Gasteiger charge is -2.14. The summed E-state index contributed by atoms with van der Waals surface area (Å²) in [6, 6.07) is 45.9. The summed E-state index contributed by atoms with van der Waals surface area (Å²) in [6.07, 6.45) is 5.68. The average Bonchev–Trinajstić information content (AvgIpc) is 3.00. The van der Waals surface area contributed by atoms with Crippen molar-refractivity contribution in [3.63, 3.8) is 0 Å². The molecule has 38 heavy (non-hydrogen) atoms. The van der Waals surface area contributed by atoms with Gasteiger partial charge in [0.1, 0.15) is 0 Å². The van der Waals surface area contributed by atoms with E-state index in [4.69, 9.17) is 5.41 Å². The van der Waals surface area contributed by atoms with Crippen LogP contribution < -0.4 is 0 Å². The molecule has 180 valence electrons. The van der Waals surface area contributed by atoms with Crippen LogP contribution in [0.15, 0.2) is 152 Å².